The Kier molecular flexibility index (Phi) is 9.47. The number of fused-ring (bicyclic) bond motifs is 8. The van der Waals surface area contributed by atoms with Gasteiger partial charge in [0.15, 0.2) is 0 Å². The van der Waals surface area contributed by atoms with Crippen LogP contribution in [0.5, 0.6) is 0 Å². The highest BCUT2D eigenvalue weighted by Crippen LogP contribution is 2.45. The Morgan fingerprint density at radius 1 is 0.939 bits per heavy atom. The number of carbonyl (C=O) groups excluding carboxylic acids is 3. The lowest BCUT2D eigenvalue weighted by Crippen LogP contribution is -2.41. The third-order valence-electron chi connectivity index (χ3n) is 10.7. The van der Waals surface area contributed by atoms with Gasteiger partial charge in [-0.1, -0.05) is 52.7 Å². The van der Waals surface area contributed by atoms with Crippen molar-refractivity contribution in [1.82, 2.24) is 24.8 Å². The number of methoxy groups -OCH3 is 1. The summed E-state index contributed by atoms with van der Waals surface area (Å²) in [4.78, 5) is 60.0. The maximum atomic E-state index is 14.6. The van der Waals surface area contributed by atoms with Gasteiger partial charge in [-0.05, 0) is 80.5 Å². The first-order valence-electron chi connectivity index (χ1n) is 17.6. The fraction of sp³-hybridized carbons (Fsp3) is 0.425. The number of H-pyrrole nitrogens is 2. The molecule has 6 rings (SSSR count). The second-order valence-corrected chi connectivity index (χ2v) is 13.5. The molecule has 6 heterocycles. The predicted octanol–water partition coefficient (Wildman–Crippen LogP) is 8.82. The molecule has 0 unspecified atom stereocenters. The zero-order valence-electron chi connectivity index (χ0n) is 29.8. The summed E-state index contributed by atoms with van der Waals surface area (Å²) in [5, 5.41) is 0. The van der Waals surface area contributed by atoms with Gasteiger partial charge in [0.2, 0.25) is 0 Å². The molecule has 4 aliphatic rings. The van der Waals surface area contributed by atoms with Crippen LogP contribution in [0.25, 0.3) is 33.3 Å². The van der Waals surface area contributed by atoms with Crippen LogP contribution in [0.4, 0.5) is 0 Å². The topological polar surface area (TPSA) is 121 Å². The molecule has 9 heteroatoms. The van der Waals surface area contributed by atoms with Crippen molar-refractivity contribution in [2.75, 3.05) is 13.7 Å². The van der Waals surface area contributed by atoms with E-state index in [-0.39, 0.29) is 36.0 Å². The monoisotopic (exact) mass is 661 g/mol. The molecule has 0 saturated carbocycles. The van der Waals surface area contributed by atoms with Crippen LogP contribution >= 0.6 is 0 Å². The Labute approximate surface area is 288 Å². The zero-order chi connectivity index (χ0) is 35.1. The second-order valence-electron chi connectivity index (χ2n) is 13.5. The van der Waals surface area contributed by atoms with Gasteiger partial charge in [0.05, 0.1) is 46.5 Å². The maximum absolute atomic E-state index is 14.6. The summed E-state index contributed by atoms with van der Waals surface area (Å²) in [5.41, 5.74) is 12.0. The average molecular weight is 662 g/mol. The third-order valence-corrected chi connectivity index (χ3v) is 10.7. The molecule has 9 nitrogen and oxygen atoms in total. The number of imide groups is 1. The summed E-state index contributed by atoms with van der Waals surface area (Å²) in [7, 11) is 1.39. The standard InChI is InChI=1S/C40H47N5O4/c1-9-12-13-14-17-45-39(47)35-24(7)31-20-33-26(11-3)22(5)29(42-33)19-32-25(10-2)21(4)28(41-32)18-30-23(6)27(15-16-34(46)49-8)37(43-30)36(40(45)48)38(35)44-31/h11,18-20,23,27,43-44H,3,9-10,12-17H2,1-2,4-8H3/t23-,27-/m0/s1. The smallest absolute Gasteiger partial charge is 0.305 e. The van der Waals surface area contributed by atoms with E-state index in [1.54, 1.807) is 0 Å². The first kappa shape index (κ1) is 34.1. The normalized spacial score (nSPS) is 18.0. The van der Waals surface area contributed by atoms with Crippen LogP contribution in [0.3, 0.4) is 0 Å². The lowest BCUT2D eigenvalue weighted by Gasteiger charge is -2.27. The molecule has 2 aromatic heterocycles. The van der Waals surface area contributed by atoms with Gasteiger partial charge in [-0.15, -0.1) is 0 Å². The van der Waals surface area contributed by atoms with Gasteiger partial charge in [-0.25, -0.2) is 9.97 Å². The maximum Gasteiger partial charge on any atom is 0.305 e. The minimum atomic E-state index is -0.328. The molecular formula is C40H47N5O4. The number of rotatable bonds is 10. The van der Waals surface area contributed by atoms with E-state index in [2.05, 4.69) is 56.4 Å². The molecular weight excluding hydrogens is 614 g/mol. The summed E-state index contributed by atoms with van der Waals surface area (Å²) in [6.07, 6.45) is 7.04. The van der Waals surface area contributed by atoms with E-state index in [1.165, 1.54) is 12.0 Å². The van der Waals surface area contributed by atoms with E-state index >= 15 is 0 Å². The van der Waals surface area contributed by atoms with Crippen LogP contribution in [0.1, 0.15) is 152 Å². The number of aromatic amines is 2. The summed E-state index contributed by atoms with van der Waals surface area (Å²) >= 11 is 0. The molecule has 8 bridgehead atoms. The van der Waals surface area contributed by atoms with Gasteiger partial charge in [0.25, 0.3) is 11.8 Å². The van der Waals surface area contributed by atoms with Crippen LogP contribution in [-0.4, -0.2) is 56.3 Å². The summed E-state index contributed by atoms with van der Waals surface area (Å²) in [6, 6.07) is 6.08. The number of unbranched alkanes of at least 4 members (excludes halogenated alkanes) is 3. The molecule has 2 amide bonds. The summed E-state index contributed by atoms with van der Waals surface area (Å²) in [5.74, 6) is -1.20. The second kappa shape index (κ2) is 13.6. The number of esters is 1. The third kappa shape index (κ3) is 5.83. The van der Waals surface area contributed by atoms with Gasteiger partial charge in [-0.2, -0.15) is 0 Å². The molecule has 4 aliphatic heterocycles. The van der Waals surface area contributed by atoms with Crippen LogP contribution in [0.2, 0.25) is 0 Å². The number of amides is 2. The Balaban J connectivity index is 1.73. The molecule has 0 fully saturated rings. The Bertz CT molecular complexity index is 2020. The van der Waals surface area contributed by atoms with Crippen LogP contribution in [0, 0.1) is 6.92 Å². The average Bonchev–Trinajstić information content (AvgIpc) is 3.76. The lowest BCUT2D eigenvalue weighted by molar-refractivity contribution is -0.140. The van der Waals surface area contributed by atoms with Crippen LogP contribution in [0.15, 0.2) is 30.9 Å². The Morgan fingerprint density at radius 3 is 2.35 bits per heavy atom. The van der Waals surface area contributed by atoms with E-state index < -0.39 is 0 Å². The summed E-state index contributed by atoms with van der Waals surface area (Å²) in [6.45, 7) is 16.9. The molecule has 0 spiro atoms. The van der Waals surface area contributed by atoms with E-state index in [4.69, 9.17) is 14.7 Å². The van der Waals surface area contributed by atoms with Crippen molar-refractivity contribution in [2.24, 2.45) is 0 Å². The van der Waals surface area contributed by atoms with Crippen LogP contribution in [-0.2, 0) is 9.53 Å². The number of nitrogens with one attached hydrogen (secondary N) is 2. The van der Waals surface area contributed by atoms with Crippen molar-refractivity contribution in [2.45, 2.75) is 98.3 Å². The van der Waals surface area contributed by atoms with Crippen molar-refractivity contribution in [3.63, 3.8) is 0 Å². The number of hydrogen-bond acceptors (Lipinski definition) is 6. The van der Waals surface area contributed by atoms with Crippen molar-refractivity contribution in [3.05, 3.63) is 81.7 Å². The van der Waals surface area contributed by atoms with Gasteiger partial charge in [0.1, 0.15) is 0 Å². The number of hydrogen-bond donors (Lipinski definition) is 2. The van der Waals surface area contributed by atoms with E-state index in [1.807, 2.05) is 26.0 Å². The van der Waals surface area contributed by atoms with E-state index in [9.17, 15) is 14.4 Å². The number of aromatic nitrogens is 4. The van der Waals surface area contributed by atoms with Gasteiger partial charge >= 0.3 is 5.97 Å². The van der Waals surface area contributed by atoms with E-state index in [0.29, 0.717) is 40.8 Å². The first-order chi connectivity index (χ1) is 23.5. The highest BCUT2D eigenvalue weighted by molar-refractivity contribution is 6.23. The largest absolute Gasteiger partial charge is 0.469 e. The molecule has 2 N–H and O–H groups in total. The minimum absolute atomic E-state index is 0.0679. The number of nitrogens with zero attached hydrogens (tertiary/aromatic N) is 3. The molecule has 0 radical (unpaired) electrons. The molecule has 2 atom stereocenters. The Morgan fingerprint density at radius 2 is 1.65 bits per heavy atom. The molecule has 0 saturated heterocycles. The van der Waals surface area contributed by atoms with Crippen molar-refractivity contribution in [1.29, 1.82) is 0 Å². The SMILES string of the molecule is C=CC1=C(C)c2cc3nc(cc4[nH]c(c5c6[nH]c(cc1n2)c(C)c6C(=O)N(CCCCCC)C5=O)[C@@H](CCC(=O)OC)[C@@H]4C)C(C)=C3CC. The fourth-order valence-corrected chi connectivity index (χ4v) is 7.70. The molecule has 256 valence electrons. The minimum Gasteiger partial charge on any atom is -0.469 e. The summed E-state index contributed by atoms with van der Waals surface area (Å²) < 4.78 is 5.02. The Hall–Kier alpha value is -4.79. The molecule has 49 heavy (non-hydrogen) atoms. The van der Waals surface area contributed by atoms with Crippen molar-refractivity contribution < 1.29 is 19.1 Å². The number of ether oxygens (including phenoxy) is 1. The quantitative estimate of drug-likeness (QED) is 0.149. The highest BCUT2D eigenvalue weighted by Gasteiger charge is 2.40. The molecule has 0 aromatic carbocycles. The van der Waals surface area contributed by atoms with Gasteiger partial charge < -0.3 is 14.7 Å². The molecule has 2 aromatic rings. The molecule has 0 aliphatic carbocycles. The van der Waals surface area contributed by atoms with Gasteiger partial charge in [0, 0.05) is 47.3 Å². The first-order valence-corrected chi connectivity index (χ1v) is 17.6. The predicted molar refractivity (Wildman–Crippen MR) is 194 cm³/mol. The van der Waals surface area contributed by atoms with Crippen molar-refractivity contribution in [3.8, 4) is 0 Å². The van der Waals surface area contributed by atoms with Crippen LogP contribution < -0.4 is 0 Å². The lowest BCUT2D eigenvalue weighted by atomic mass is 9.84. The number of carbonyl (C=O) groups is 3. The number of aryl methyl sites for hydroxylation is 1. The van der Waals surface area contributed by atoms with Gasteiger partial charge in [-0.3, -0.25) is 19.3 Å². The van der Waals surface area contributed by atoms with Crippen molar-refractivity contribution >= 4 is 51.1 Å². The van der Waals surface area contributed by atoms with E-state index in [0.717, 1.165) is 88.4 Å². The zero-order valence-corrected chi connectivity index (χ0v) is 29.8. The highest BCUT2D eigenvalue weighted by atomic mass is 16.5. The fourth-order valence-electron chi connectivity index (χ4n) is 7.70. The number of allylic oxidation sites excluding steroid dienone is 5.